The fraction of sp³-hybridized carbons (Fsp3) is 0.533. The molecular weight excluding hydrogens is 304 g/mol. The van der Waals surface area contributed by atoms with Crippen LogP contribution in [0.2, 0.25) is 0 Å². The van der Waals surface area contributed by atoms with E-state index in [1.807, 2.05) is 0 Å². The molecule has 1 aliphatic carbocycles. The topological polar surface area (TPSA) is 41.1 Å². The largest absolute Gasteiger partial charge is 0.355 e. The van der Waals surface area contributed by atoms with E-state index in [9.17, 15) is 4.79 Å². The molecule has 1 aliphatic heterocycles. The average molecular weight is 323 g/mol. The number of benzene rings is 1. The number of carbonyl (C=O) groups is 1. The van der Waals surface area contributed by atoms with Gasteiger partial charge in [-0.15, -0.1) is 0 Å². The van der Waals surface area contributed by atoms with Crippen molar-refractivity contribution in [3.8, 4) is 0 Å². The predicted octanol–water partition coefficient (Wildman–Crippen LogP) is 2.56. The molecule has 19 heavy (non-hydrogen) atoms. The maximum atomic E-state index is 11.7. The summed E-state index contributed by atoms with van der Waals surface area (Å²) in [5.41, 5.74) is 1.41. The van der Waals surface area contributed by atoms with Gasteiger partial charge in [0.25, 0.3) is 0 Å². The van der Waals surface area contributed by atoms with Crippen LogP contribution in [0.1, 0.15) is 37.2 Å². The third-order valence-electron chi connectivity index (χ3n) is 4.20. The van der Waals surface area contributed by atoms with Gasteiger partial charge in [-0.2, -0.15) is 0 Å². The number of piperidine rings is 1. The molecule has 0 radical (unpaired) electrons. The Balaban J connectivity index is 1.50. The fourth-order valence-electron chi connectivity index (χ4n) is 2.98. The first kappa shape index (κ1) is 13.1. The number of hydrogen-bond donors (Lipinski definition) is 2. The summed E-state index contributed by atoms with van der Waals surface area (Å²) in [5, 5.41) is 6.42. The lowest BCUT2D eigenvalue weighted by Crippen LogP contribution is -2.54. The third-order valence-corrected chi connectivity index (χ3v) is 4.73. The van der Waals surface area contributed by atoms with Gasteiger partial charge in [0.1, 0.15) is 0 Å². The number of amides is 1. The number of hydrogen-bond acceptors (Lipinski definition) is 2. The Kier molecular flexibility index (Phi) is 3.89. The van der Waals surface area contributed by atoms with Crippen LogP contribution in [0.3, 0.4) is 0 Å². The van der Waals surface area contributed by atoms with Gasteiger partial charge in [-0.25, -0.2) is 0 Å². The van der Waals surface area contributed by atoms with Crippen LogP contribution in [0, 0.1) is 0 Å². The molecule has 2 fully saturated rings. The molecule has 2 N–H and O–H groups in total. The van der Waals surface area contributed by atoms with Gasteiger partial charge in [-0.3, -0.25) is 4.79 Å². The zero-order valence-corrected chi connectivity index (χ0v) is 12.4. The number of rotatable bonds is 3. The zero-order chi connectivity index (χ0) is 13.2. The Morgan fingerprint density at radius 1 is 1.21 bits per heavy atom. The van der Waals surface area contributed by atoms with Crippen molar-refractivity contribution in [1.82, 2.24) is 10.6 Å². The van der Waals surface area contributed by atoms with Crippen molar-refractivity contribution in [2.45, 2.75) is 43.7 Å². The molecule has 1 heterocycles. The molecule has 1 saturated carbocycles. The van der Waals surface area contributed by atoms with E-state index in [0.717, 1.165) is 36.7 Å². The number of nitrogens with one attached hydrogen (secondary N) is 2. The Hall–Kier alpha value is -0.870. The first-order valence-corrected chi connectivity index (χ1v) is 7.81. The van der Waals surface area contributed by atoms with Crippen molar-refractivity contribution in [2.24, 2.45) is 0 Å². The summed E-state index contributed by atoms with van der Waals surface area (Å²) in [6.07, 6.45) is 4.36. The lowest BCUT2D eigenvalue weighted by Gasteiger charge is -2.39. The minimum absolute atomic E-state index is 0.0321. The molecular formula is C15H19BrN2O. The van der Waals surface area contributed by atoms with Crippen LogP contribution in [0.15, 0.2) is 28.7 Å². The molecule has 1 saturated heterocycles. The second-order valence-electron chi connectivity index (χ2n) is 5.57. The standard InChI is InChI=1S/C15H19BrN2O/c16-12-5-3-10(4-6-12)11-8-13(9-11)18-14-2-1-7-17-15(14)19/h3-6,11,13-14,18H,1-2,7-9H2,(H,17,19). The van der Waals surface area contributed by atoms with E-state index in [4.69, 9.17) is 0 Å². The van der Waals surface area contributed by atoms with Crippen molar-refractivity contribution >= 4 is 21.8 Å². The average Bonchev–Trinajstić information content (AvgIpc) is 2.37. The Bertz CT molecular complexity index is 454. The van der Waals surface area contributed by atoms with Crippen LogP contribution in [0.5, 0.6) is 0 Å². The molecule has 0 spiro atoms. The normalized spacial score (nSPS) is 30.6. The van der Waals surface area contributed by atoms with Crippen molar-refractivity contribution in [2.75, 3.05) is 6.54 Å². The van der Waals surface area contributed by atoms with Crippen LogP contribution < -0.4 is 10.6 Å². The van der Waals surface area contributed by atoms with Crippen LogP contribution in [-0.2, 0) is 4.79 Å². The molecule has 3 nitrogen and oxygen atoms in total. The van der Waals surface area contributed by atoms with E-state index >= 15 is 0 Å². The van der Waals surface area contributed by atoms with Gasteiger partial charge in [0.2, 0.25) is 5.91 Å². The van der Waals surface area contributed by atoms with Gasteiger partial charge >= 0.3 is 0 Å². The second kappa shape index (κ2) is 5.63. The van der Waals surface area contributed by atoms with Crippen molar-refractivity contribution in [3.05, 3.63) is 34.3 Å². The Labute approximate surface area is 122 Å². The fourth-order valence-corrected chi connectivity index (χ4v) is 3.24. The zero-order valence-electron chi connectivity index (χ0n) is 10.9. The highest BCUT2D eigenvalue weighted by Gasteiger charge is 2.33. The third kappa shape index (κ3) is 3.00. The summed E-state index contributed by atoms with van der Waals surface area (Å²) in [7, 11) is 0. The predicted molar refractivity (Wildman–Crippen MR) is 79.1 cm³/mol. The summed E-state index contributed by atoms with van der Waals surface area (Å²) < 4.78 is 1.13. The van der Waals surface area contributed by atoms with Crippen LogP contribution in [0.4, 0.5) is 0 Å². The van der Waals surface area contributed by atoms with E-state index in [-0.39, 0.29) is 11.9 Å². The maximum absolute atomic E-state index is 11.7. The summed E-state index contributed by atoms with van der Waals surface area (Å²) in [6.45, 7) is 0.837. The van der Waals surface area contributed by atoms with Gasteiger partial charge in [0.05, 0.1) is 6.04 Å². The monoisotopic (exact) mass is 322 g/mol. The molecule has 2 aliphatic rings. The minimum Gasteiger partial charge on any atom is -0.355 e. The smallest absolute Gasteiger partial charge is 0.237 e. The van der Waals surface area contributed by atoms with Gasteiger partial charge < -0.3 is 10.6 Å². The Morgan fingerprint density at radius 2 is 1.95 bits per heavy atom. The summed E-state index contributed by atoms with van der Waals surface area (Å²) in [4.78, 5) is 11.7. The van der Waals surface area contributed by atoms with E-state index in [0.29, 0.717) is 12.0 Å². The summed E-state index contributed by atoms with van der Waals surface area (Å²) in [6, 6.07) is 9.12. The number of halogens is 1. The molecule has 0 aromatic heterocycles. The highest BCUT2D eigenvalue weighted by atomic mass is 79.9. The van der Waals surface area contributed by atoms with Crippen molar-refractivity contribution < 1.29 is 4.79 Å². The SMILES string of the molecule is O=C1NCCCC1NC1CC(c2ccc(Br)cc2)C1. The maximum Gasteiger partial charge on any atom is 0.237 e. The van der Waals surface area contributed by atoms with E-state index < -0.39 is 0 Å². The van der Waals surface area contributed by atoms with E-state index in [1.165, 1.54) is 5.56 Å². The molecule has 102 valence electrons. The highest BCUT2D eigenvalue weighted by Crippen LogP contribution is 2.37. The van der Waals surface area contributed by atoms with Crippen LogP contribution in [0.25, 0.3) is 0 Å². The first-order chi connectivity index (χ1) is 9.22. The summed E-state index contributed by atoms with van der Waals surface area (Å²) >= 11 is 3.46. The molecule has 1 atom stereocenters. The molecule has 3 rings (SSSR count). The van der Waals surface area contributed by atoms with Crippen LogP contribution >= 0.6 is 15.9 Å². The van der Waals surface area contributed by atoms with Gasteiger partial charge in [0, 0.05) is 17.1 Å². The van der Waals surface area contributed by atoms with Gasteiger partial charge in [-0.05, 0) is 49.3 Å². The molecule has 4 heteroatoms. The molecule has 0 bridgehead atoms. The quantitative estimate of drug-likeness (QED) is 0.898. The molecule has 1 amide bonds. The van der Waals surface area contributed by atoms with Crippen molar-refractivity contribution in [3.63, 3.8) is 0 Å². The van der Waals surface area contributed by atoms with Gasteiger partial charge in [0.15, 0.2) is 0 Å². The Morgan fingerprint density at radius 3 is 2.63 bits per heavy atom. The van der Waals surface area contributed by atoms with E-state index in [2.05, 4.69) is 50.8 Å². The highest BCUT2D eigenvalue weighted by molar-refractivity contribution is 9.10. The van der Waals surface area contributed by atoms with Crippen molar-refractivity contribution in [1.29, 1.82) is 0 Å². The second-order valence-corrected chi connectivity index (χ2v) is 6.48. The van der Waals surface area contributed by atoms with E-state index in [1.54, 1.807) is 0 Å². The van der Waals surface area contributed by atoms with Gasteiger partial charge in [-0.1, -0.05) is 28.1 Å². The molecule has 1 aromatic carbocycles. The summed E-state index contributed by atoms with van der Waals surface area (Å²) in [5.74, 6) is 0.829. The lowest BCUT2D eigenvalue weighted by molar-refractivity contribution is -0.124. The minimum atomic E-state index is 0.0321. The molecule has 1 unspecified atom stereocenters. The van der Waals surface area contributed by atoms with Crippen LogP contribution in [-0.4, -0.2) is 24.5 Å². The molecule has 1 aromatic rings. The first-order valence-electron chi connectivity index (χ1n) is 7.01. The lowest BCUT2D eigenvalue weighted by atomic mass is 9.75. The number of carbonyl (C=O) groups excluding carboxylic acids is 1.